The highest BCUT2D eigenvalue weighted by Crippen LogP contribution is 2.26. The standard InChI is InChI=1S/C12H16N2O4S/c1-10-4-2-3-9-13(10)19(17,18)12-7-5-11(6-8-12)14(15)16/h5-8,10H,2-4,9H2,1H3/t10-/m0/s1. The van der Waals surface area contributed by atoms with E-state index in [4.69, 9.17) is 0 Å². The van der Waals surface area contributed by atoms with Gasteiger partial charge >= 0.3 is 0 Å². The number of non-ortho nitro benzene ring substituents is 1. The molecule has 0 bridgehead atoms. The Morgan fingerprint density at radius 3 is 2.42 bits per heavy atom. The largest absolute Gasteiger partial charge is 0.269 e. The zero-order chi connectivity index (χ0) is 14.0. The molecule has 1 aliphatic heterocycles. The maximum Gasteiger partial charge on any atom is 0.269 e. The van der Waals surface area contributed by atoms with Gasteiger partial charge in [0.1, 0.15) is 0 Å². The topological polar surface area (TPSA) is 80.5 Å². The summed E-state index contributed by atoms with van der Waals surface area (Å²) >= 11 is 0. The molecule has 1 heterocycles. The number of nitrogens with zero attached hydrogens (tertiary/aromatic N) is 2. The molecule has 1 fully saturated rings. The first-order valence-corrected chi connectivity index (χ1v) is 7.63. The van der Waals surface area contributed by atoms with Crippen molar-refractivity contribution in [2.45, 2.75) is 37.1 Å². The molecule has 0 radical (unpaired) electrons. The molecule has 2 rings (SSSR count). The predicted molar refractivity (Wildman–Crippen MR) is 70.3 cm³/mol. The van der Waals surface area contributed by atoms with E-state index in [-0.39, 0.29) is 16.6 Å². The summed E-state index contributed by atoms with van der Waals surface area (Å²) < 4.78 is 26.4. The minimum absolute atomic E-state index is 0.0195. The monoisotopic (exact) mass is 284 g/mol. The van der Waals surface area contributed by atoms with E-state index >= 15 is 0 Å². The molecule has 0 aromatic heterocycles. The molecule has 0 aliphatic carbocycles. The lowest BCUT2D eigenvalue weighted by atomic mass is 10.1. The Balaban J connectivity index is 2.30. The number of piperidine rings is 1. The van der Waals surface area contributed by atoms with Gasteiger partial charge in [-0.1, -0.05) is 6.42 Å². The fourth-order valence-electron chi connectivity index (χ4n) is 2.30. The van der Waals surface area contributed by atoms with Crippen LogP contribution in [0.15, 0.2) is 29.2 Å². The normalized spacial score (nSPS) is 21.2. The van der Waals surface area contributed by atoms with Crippen molar-refractivity contribution in [3.8, 4) is 0 Å². The quantitative estimate of drug-likeness (QED) is 0.629. The zero-order valence-electron chi connectivity index (χ0n) is 10.7. The van der Waals surface area contributed by atoms with Gasteiger partial charge in [0.15, 0.2) is 0 Å². The van der Waals surface area contributed by atoms with Crippen molar-refractivity contribution in [2.75, 3.05) is 6.54 Å². The zero-order valence-corrected chi connectivity index (χ0v) is 11.5. The van der Waals surface area contributed by atoms with Crippen molar-refractivity contribution < 1.29 is 13.3 Å². The average molecular weight is 284 g/mol. The van der Waals surface area contributed by atoms with E-state index in [0.29, 0.717) is 6.54 Å². The van der Waals surface area contributed by atoms with Crippen molar-refractivity contribution in [1.82, 2.24) is 4.31 Å². The smallest absolute Gasteiger partial charge is 0.258 e. The first-order valence-electron chi connectivity index (χ1n) is 6.19. The first kappa shape index (κ1) is 14.0. The van der Waals surface area contributed by atoms with E-state index in [1.165, 1.54) is 28.6 Å². The van der Waals surface area contributed by atoms with Crippen LogP contribution in [-0.2, 0) is 10.0 Å². The molecule has 0 saturated carbocycles. The highest BCUT2D eigenvalue weighted by molar-refractivity contribution is 7.89. The fraction of sp³-hybridized carbons (Fsp3) is 0.500. The van der Waals surface area contributed by atoms with Crippen molar-refractivity contribution in [1.29, 1.82) is 0 Å². The molecular weight excluding hydrogens is 268 g/mol. The molecule has 1 aromatic rings. The van der Waals surface area contributed by atoms with Crippen molar-refractivity contribution in [3.05, 3.63) is 34.4 Å². The van der Waals surface area contributed by atoms with Gasteiger partial charge in [0, 0.05) is 24.7 Å². The number of benzene rings is 1. The second-order valence-electron chi connectivity index (χ2n) is 4.71. The summed E-state index contributed by atoms with van der Waals surface area (Å²) in [4.78, 5) is 10.1. The van der Waals surface area contributed by atoms with Gasteiger partial charge in [0.05, 0.1) is 9.82 Å². The molecule has 19 heavy (non-hydrogen) atoms. The lowest BCUT2D eigenvalue weighted by Crippen LogP contribution is -2.41. The lowest BCUT2D eigenvalue weighted by molar-refractivity contribution is -0.384. The molecule has 1 aliphatic rings. The lowest BCUT2D eigenvalue weighted by Gasteiger charge is -2.32. The Hall–Kier alpha value is -1.47. The van der Waals surface area contributed by atoms with Crippen LogP contribution in [0, 0.1) is 10.1 Å². The molecule has 6 nitrogen and oxygen atoms in total. The summed E-state index contributed by atoms with van der Waals surface area (Å²) in [6, 6.07) is 5.03. The van der Waals surface area contributed by atoms with Gasteiger partial charge in [0.25, 0.3) is 5.69 Å². The maximum atomic E-state index is 12.4. The molecule has 7 heteroatoms. The van der Waals surface area contributed by atoms with Crippen LogP contribution in [0.3, 0.4) is 0 Å². The maximum absolute atomic E-state index is 12.4. The van der Waals surface area contributed by atoms with Crippen molar-refractivity contribution in [2.24, 2.45) is 0 Å². The first-order chi connectivity index (χ1) is 8.93. The summed E-state index contributed by atoms with van der Waals surface area (Å²) in [7, 11) is -3.54. The molecule has 1 aromatic carbocycles. The minimum atomic E-state index is -3.54. The van der Waals surface area contributed by atoms with Crippen molar-refractivity contribution in [3.63, 3.8) is 0 Å². The van der Waals surface area contributed by atoms with E-state index in [1.54, 1.807) is 0 Å². The minimum Gasteiger partial charge on any atom is -0.258 e. The SMILES string of the molecule is C[C@H]1CCCCN1S(=O)(=O)c1ccc([N+](=O)[O-])cc1. The van der Waals surface area contributed by atoms with E-state index in [1.807, 2.05) is 6.92 Å². The summed E-state index contributed by atoms with van der Waals surface area (Å²) in [6.07, 6.45) is 2.75. The predicted octanol–water partition coefficient (Wildman–Crippen LogP) is 2.16. The molecule has 0 N–H and O–H groups in total. The van der Waals surface area contributed by atoms with Gasteiger partial charge in [-0.3, -0.25) is 10.1 Å². The third kappa shape index (κ3) is 2.76. The van der Waals surface area contributed by atoms with Crippen molar-refractivity contribution >= 4 is 15.7 Å². The van der Waals surface area contributed by atoms with Crippen LogP contribution in [0.4, 0.5) is 5.69 Å². The highest BCUT2D eigenvalue weighted by atomic mass is 32.2. The van der Waals surface area contributed by atoms with Gasteiger partial charge in [-0.15, -0.1) is 0 Å². The Bertz CT molecular complexity index is 568. The van der Waals surface area contributed by atoms with E-state index < -0.39 is 14.9 Å². The second kappa shape index (κ2) is 5.26. The summed E-state index contributed by atoms with van der Waals surface area (Å²) in [5.74, 6) is 0. The van der Waals surface area contributed by atoms with Gasteiger partial charge in [0.2, 0.25) is 10.0 Å². The van der Waals surface area contributed by atoms with Gasteiger partial charge < -0.3 is 0 Å². The van der Waals surface area contributed by atoms with Crippen LogP contribution < -0.4 is 0 Å². The molecule has 1 saturated heterocycles. The van der Waals surface area contributed by atoms with Crippen LogP contribution in [0.5, 0.6) is 0 Å². The summed E-state index contributed by atoms with van der Waals surface area (Å²) in [5.41, 5.74) is -0.106. The third-order valence-electron chi connectivity index (χ3n) is 3.40. The molecule has 0 spiro atoms. The van der Waals surface area contributed by atoms with Crippen LogP contribution >= 0.6 is 0 Å². The van der Waals surface area contributed by atoms with E-state index in [0.717, 1.165) is 19.3 Å². The van der Waals surface area contributed by atoms with Gasteiger partial charge in [-0.25, -0.2) is 8.42 Å². The van der Waals surface area contributed by atoms with Gasteiger partial charge in [-0.05, 0) is 31.9 Å². The number of sulfonamides is 1. The van der Waals surface area contributed by atoms with E-state index in [2.05, 4.69) is 0 Å². The Morgan fingerprint density at radius 1 is 1.26 bits per heavy atom. The third-order valence-corrected chi connectivity index (χ3v) is 5.42. The fourth-order valence-corrected chi connectivity index (χ4v) is 4.00. The van der Waals surface area contributed by atoms with Crippen LogP contribution in [0.25, 0.3) is 0 Å². The Morgan fingerprint density at radius 2 is 1.89 bits per heavy atom. The molecule has 0 unspecified atom stereocenters. The van der Waals surface area contributed by atoms with Crippen LogP contribution in [0.2, 0.25) is 0 Å². The number of hydrogen-bond donors (Lipinski definition) is 0. The Kier molecular flexibility index (Phi) is 3.86. The Labute approximate surface area is 112 Å². The van der Waals surface area contributed by atoms with Crippen LogP contribution in [-0.4, -0.2) is 30.2 Å². The molecule has 104 valence electrons. The highest BCUT2D eigenvalue weighted by Gasteiger charge is 2.31. The molecule has 0 amide bonds. The summed E-state index contributed by atoms with van der Waals surface area (Å²) in [5, 5.41) is 10.6. The molecule has 1 atom stereocenters. The van der Waals surface area contributed by atoms with Crippen LogP contribution in [0.1, 0.15) is 26.2 Å². The number of hydrogen-bond acceptors (Lipinski definition) is 4. The second-order valence-corrected chi connectivity index (χ2v) is 6.60. The number of nitro benzene ring substituents is 1. The van der Waals surface area contributed by atoms with Gasteiger partial charge in [-0.2, -0.15) is 4.31 Å². The molecular formula is C12H16N2O4S. The number of rotatable bonds is 3. The average Bonchev–Trinajstić information content (AvgIpc) is 2.39. The summed E-state index contributed by atoms with van der Waals surface area (Å²) in [6.45, 7) is 2.41. The van der Waals surface area contributed by atoms with E-state index in [9.17, 15) is 18.5 Å². The number of nitro groups is 1.